The molecule has 188 valence electrons. The molecule has 6 heteroatoms. The molecule has 3 aromatic rings. The minimum atomic E-state index is -4.11. The minimum absolute atomic E-state index is 0.128. The van der Waals surface area contributed by atoms with Crippen molar-refractivity contribution in [2.75, 3.05) is 4.31 Å². The molecule has 4 rings (SSSR count). The number of carbonyl (C=O) groups excluding carboxylic acids is 1. The van der Waals surface area contributed by atoms with Gasteiger partial charge in [0.05, 0.1) is 24.6 Å². The van der Waals surface area contributed by atoms with Crippen molar-refractivity contribution in [2.45, 2.75) is 56.8 Å². The molecule has 0 radical (unpaired) electrons. The standard InChI is InChI=1S/C30H35NO3SSi/c1-5-36(6-2,7-3)22-25-21-28(24-13-9-8-10-14-24)27-15-11-12-16-29(27)31(30(25)32)35(33,34)26-19-17-23(4)18-20-26/h8-21,25H,5-7,22H2,1-4H3. The molecule has 0 saturated heterocycles. The number of anilines is 1. The third-order valence-corrected chi connectivity index (χ3v) is 15.4. The summed E-state index contributed by atoms with van der Waals surface area (Å²) in [6.45, 7) is 8.58. The zero-order valence-corrected chi connectivity index (χ0v) is 23.4. The zero-order valence-electron chi connectivity index (χ0n) is 21.6. The molecule has 0 bridgehead atoms. The molecule has 0 aliphatic carbocycles. The van der Waals surface area contributed by atoms with E-state index in [0.717, 1.165) is 50.7 Å². The predicted octanol–water partition coefficient (Wildman–Crippen LogP) is 7.29. The number of rotatable bonds is 8. The van der Waals surface area contributed by atoms with Crippen LogP contribution in [-0.4, -0.2) is 22.4 Å². The van der Waals surface area contributed by atoms with Crippen molar-refractivity contribution in [2.24, 2.45) is 5.92 Å². The maximum Gasteiger partial charge on any atom is 0.270 e. The Kier molecular flexibility index (Phi) is 7.67. The minimum Gasteiger partial charge on any atom is -0.273 e. The third kappa shape index (κ3) is 4.84. The molecular weight excluding hydrogens is 482 g/mol. The average molecular weight is 518 g/mol. The lowest BCUT2D eigenvalue weighted by Crippen LogP contribution is -2.43. The number of benzene rings is 3. The molecule has 1 aliphatic heterocycles. The molecule has 1 heterocycles. The van der Waals surface area contributed by atoms with Gasteiger partial charge in [-0.05, 0) is 42.3 Å². The number of amides is 1. The van der Waals surface area contributed by atoms with Crippen molar-refractivity contribution < 1.29 is 13.2 Å². The van der Waals surface area contributed by atoms with Gasteiger partial charge in [0.1, 0.15) is 0 Å². The molecule has 0 saturated carbocycles. The van der Waals surface area contributed by atoms with Gasteiger partial charge in [0.2, 0.25) is 5.91 Å². The first kappa shape index (κ1) is 26.1. The van der Waals surface area contributed by atoms with E-state index in [4.69, 9.17) is 0 Å². The van der Waals surface area contributed by atoms with Crippen LogP contribution >= 0.6 is 0 Å². The number of sulfonamides is 1. The van der Waals surface area contributed by atoms with Crippen molar-refractivity contribution in [1.82, 2.24) is 0 Å². The Balaban J connectivity index is 1.97. The largest absolute Gasteiger partial charge is 0.273 e. The average Bonchev–Trinajstić information content (AvgIpc) is 3.02. The summed E-state index contributed by atoms with van der Waals surface area (Å²) in [5, 5.41) is 0. The van der Waals surface area contributed by atoms with Crippen LogP contribution in [0.4, 0.5) is 5.69 Å². The Bertz CT molecular complexity index is 1350. The van der Waals surface area contributed by atoms with Crippen molar-refractivity contribution in [3.63, 3.8) is 0 Å². The second-order valence-corrected chi connectivity index (χ2v) is 17.1. The van der Waals surface area contributed by atoms with E-state index < -0.39 is 24.0 Å². The van der Waals surface area contributed by atoms with E-state index >= 15 is 0 Å². The van der Waals surface area contributed by atoms with Crippen LogP contribution in [0.25, 0.3) is 5.57 Å². The van der Waals surface area contributed by atoms with E-state index in [-0.39, 0.29) is 10.8 Å². The summed E-state index contributed by atoms with van der Waals surface area (Å²) in [4.78, 5) is 14.4. The van der Waals surface area contributed by atoms with Crippen LogP contribution in [0.5, 0.6) is 0 Å². The van der Waals surface area contributed by atoms with E-state index in [1.165, 1.54) is 0 Å². The lowest BCUT2D eigenvalue weighted by molar-refractivity contribution is -0.119. The highest BCUT2D eigenvalue weighted by atomic mass is 32.2. The Labute approximate surface area is 216 Å². The number of hydrogen-bond acceptors (Lipinski definition) is 3. The number of carbonyl (C=O) groups is 1. The molecule has 0 N–H and O–H groups in total. The van der Waals surface area contributed by atoms with Crippen molar-refractivity contribution >= 4 is 35.3 Å². The molecule has 36 heavy (non-hydrogen) atoms. The molecule has 4 nitrogen and oxygen atoms in total. The molecule has 1 unspecified atom stereocenters. The van der Waals surface area contributed by atoms with Gasteiger partial charge in [-0.25, -0.2) is 12.7 Å². The first-order valence-corrected chi connectivity index (χ1v) is 17.1. The van der Waals surface area contributed by atoms with Gasteiger partial charge in [0.15, 0.2) is 0 Å². The number of nitrogens with zero attached hydrogens (tertiary/aromatic N) is 1. The highest BCUT2D eigenvalue weighted by molar-refractivity contribution is 7.93. The molecule has 0 spiro atoms. The van der Waals surface area contributed by atoms with Gasteiger partial charge in [0, 0.05) is 5.56 Å². The normalized spacial score (nSPS) is 16.3. The van der Waals surface area contributed by atoms with Gasteiger partial charge in [-0.15, -0.1) is 0 Å². The first-order chi connectivity index (χ1) is 17.3. The second-order valence-electron chi connectivity index (χ2n) is 9.76. The number of para-hydroxylation sites is 1. The van der Waals surface area contributed by atoms with E-state index in [1.807, 2.05) is 55.5 Å². The maximum absolute atomic E-state index is 14.3. The number of hydrogen-bond donors (Lipinski definition) is 0. The quantitative estimate of drug-likeness (QED) is 0.295. The van der Waals surface area contributed by atoms with Gasteiger partial charge in [0.25, 0.3) is 10.0 Å². The number of fused-ring (bicyclic) bond motifs is 1. The lowest BCUT2D eigenvalue weighted by atomic mass is 9.94. The zero-order chi connectivity index (χ0) is 25.9. The van der Waals surface area contributed by atoms with Gasteiger partial charge < -0.3 is 0 Å². The topological polar surface area (TPSA) is 54.5 Å². The maximum atomic E-state index is 14.3. The second kappa shape index (κ2) is 10.6. The lowest BCUT2D eigenvalue weighted by Gasteiger charge is -2.32. The summed E-state index contributed by atoms with van der Waals surface area (Å²) in [5.74, 6) is -0.875. The Hall–Kier alpha value is -2.96. The monoisotopic (exact) mass is 517 g/mol. The molecular formula is C30H35NO3SSi. The van der Waals surface area contributed by atoms with E-state index in [2.05, 4.69) is 20.8 Å². The highest BCUT2D eigenvalue weighted by Gasteiger charge is 2.42. The molecule has 1 aliphatic rings. The summed E-state index contributed by atoms with van der Waals surface area (Å²) >= 11 is 0. The molecule has 0 aromatic heterocycles. The predicted molar refractivity (Wildman–Crippen MR) is 151 cm³/mol. The summed E-state index contributed by atoms with van der Waals surface area (Å²) in [6, 6.07) is 28.0. The van der Waals surface area contributed by atoms with E-state index in [9.17, 15) is 13.2 Å². The van der Waals surface area contributed by atoms with Crippen LogP contribution in [0.2, 0.25) is 24.2 Å². The fourth-order valence-electron chi connectivity index (χ4n) is 5.24. The number of aryl methyl sites for hydroxylation is 1. The smallest absolute Gasteiger partial charge is 0.270 e. The summed E-state index contributed by atoms with van der Waals surface area (Å²) < 4.78 is 29.2. The van der Waals surface area contributed by atoms with Crippen LogP contribution in [0, 0.1) is 12.8 Å². The molecule has 1 atom stereocenters. The van der Waals surface area contributed by atoms with Crippen LogP contribution < -0.4 is 4.31 Å². The molecule has 3 aromatic carbocycles. The van der Waals surface area contributed by atoms with E-state index in [1.54, 1.807) is 36.4 Å². The summed E-state index contributed by atoms with van der Waals surface area (Å²) in [7, 11) is -5.88. The van der Waals surface area contributed by atoms with Crippen molar-refractivity contribution in [1.29, 1.82) is 0 Å². The van der Waals surface area contributed by atoms with Gasteiger partial charge >= 0.3 is 0 Å². The van der Waals surface area contributed by atoms with Gasteiger partial charge in [-0.1, -0.05) is 111 Å². The Morgan fingerprint density at radius 2 is 1.39 bits per heavy atom. The molecule has 0 fully saturated rings. The third-order valence-electron chi connectivity index (χ3n) is 7.85. The SMILES string of the molecule is CC[Si](CC)(CC)CC1C=C(c2ccccc2)c2ccccc2N(S(=O)(=O)c2ccc(C)cc2)C1=O. The Morgan fingerprint density at radius 3 is 2.00 bits per heavy atom. The van der Waals surface area contributed by atoms with Crippen LogP contribution in [-0.2, 0) is 14.8 Å². The van der Waals surface area contributed by atoms with Crippen LogP contribution in [0.1, 0.15) is 37.5 Å². The van der Waals surface area contributed by atoms with Crippen LogP contribution in [0.3, 0.4) is 0 Å². The van der Waals surface area contributed by atoms with E-state index in [0.29, 0.717) is 5.69 Å². The summed E-state index contributed by atoms with van der Waals surface area (Å²) in [6.07, 6.45) is 2.05. The summed E-state index contributed by atoms with van der Waals surface area (Å²) in [5.41, 5.74) is 4.03. The first-order valence-electron chi connectivity index (χ1n) is 12.8. The van der Waals surface area contributed by atoms with Crippen molar-refractivity contribution in [3.05, 3.63) is 102 Å². The molecule has 1 amide bonds. The van der Waals surface area contributed by atoms with Crippen LogP contribution in [0.15, 0.2) is 89.8 Å². The fraction of sp³-hybridized carbons (Fsp3) is 0.300. The van der Waals surface area contributed by atoms with Gasteiger partial charge in [-0.2, -0.15) is 0 Å². The Morgan fingerprint density at radius 1 is 0.806 bits per heavy atom. The van der Waals surface area contributed by atoms with Gasteiger partial charge in [-0.3, -0.25) is 4.79 Å². The fourth-order valence-corrected chi connectivity index (χ4v) is 10.3. The van der Waals surface area contributed by atoms with Crippen molar-refractivity contribution in [3.8, 4) is 0 Å². The highest BCUT2D eigenvalue weighted by Crippen LogP contribution is 2.42.